The van der Waals surface area contributed by atoms with Gasteiger partial charge in [-0.25, -0.2) is 4.79 Å². The third kappa shape index (κ3) is 2.00. The number of ether oxygens (including phenoxy) is 1. The molecule has 4 heteroatoms. The molecule has 1 aliphatic rings. The molecule has 0 radical (unpaired) electrons. The van der Waals surface area contributed by atoms with Gasteiger partial charge in [0.1, 0.15) is 6.61 Å². The molecule has 1 heterocycles. The van der Waals surface area contributed by atoms with E-state index >= 15 is 0 Å². The summed E-state index contributed by atoms with van der Waals surface area (Å²) in [4.78, 5) is 11.0. The first kappa shape index (κ1) is 10.5. The Labute approximate surface area is 96.9 Å². The number of amides is 1. The van der Waals surface area contributed by atoms with Gasteiger partial charge in [-0.2, -0.15) is 0 Å². The molecule has 0 saturated carbocycles. The number of hydrogen-bond donors (Lipinski definition) is 1. The summed E-state index contributed by atoms with van der Waals surface area (Å²) in [5, 5.41) is 2.78. The molecule has 1 aliphatic heterocycles. The van der Waals surface area contributed by atoms with Gasteiger partial charge in [-0.1, -0.05) is 46.3 Å². The van der Waals surface area contributed by atoms with E-state index in [9.17, 15) is 4.79 Å². The summed E-state index contributed by atoms with van der Waals surface area (Å²) < 4.78 is 4.60. The van der Waals surface area contributed by atoms with Crippen molar-refractivity contribution in [2.75, 3.05) is 6.61 Å². The summed E-state index contributed by atoms with van der Waals surface area (Å²) in [5.41, 5.74) is 1.13. The maximum Gasteiger partial charge on any atom is 0.407 e. The molecular formula is C11H12BrNO2. The Morgan fingerprint density at radius 1 is 1.47 bits per heavy atom. The second-order valence-electron chi connectivity index (χ2n) is 3.74. The van der Waals surface area contributed by atoms with Gasteiger partial charge in [0.05, 0.1) is 10.4 Å². The van der Waals surface area contributed by atoms with Crippen molar-refractivity contribution < 1.29 is 9.53 Å². The fourth-order valence-corrected chi connectivity index (χ4v) is 2.15. The first-order valence-electron chi connectivity index (χ1n) is 4.78. The molecule has 2 rings (SSSR count). The molecule has 1 saturated heterocycles. The van der Waals surface area contributed by atoms with E-state index in [0.29, 0.717) is 6.61 Å². The van der Waals surface area contributed by atoms with Crippen LogP contribution in [0, 0.1) is 0 Å². The number of alkyl carbamates (subject to hydrolysis) is 1. The maximum atomic E-state index is 11.0. The number of cyclic esters (lactones) is 1. The molecule has 0 unspecified atom stereocenters. The Hall–Kier alpha value is -1.03. The fraction of sp³-hybridized carbons (Fsp3) is 0.364. The second-order valence-corrected chi connectivity index (χ2v) is 5.38. The van der Waals surface area contributed by atoms with Crippen molar-refractivity contribution in [1.29, 1.82) is 0 Å². The summed E-state index contributed by atoms with van der Waals surface area (Å²) >= 11 is 3.65. The van der Waals surface area contributed by atoms with Crippen LogP contribution in [-0.4, -0.2) is 18.7 Å². The molecular weight excluding hydrogens is 258 g/mol. The average Bonchev–Trinajstić information content (AvgIpc) is 2.67. The Bertz CT molecular complexity index is 364. The highest BCUT2D eigenvalue weighted by Crippen LogP contribution is 2.35. The SMILES string of the molecule is C[C@](Br)(c1ccccc1)[C@H]1COC(=O)N1. The molecule has 1 aromatic carbocycles. The number of carbonyl (C=O) groups is 1. The molecule has 1 amide bonds. The Balaban J connectivity index is 2.23. The predicted octanol–water partition coefficient (Wildman–Crippen LogP) is 2.41. The second kappa shape index (κ2) is 3.85. The quantitative estimate of drug-likeness (QED) is 0.838. The molecule has 1 N–H and O–H groups in total. The van der Waals surface area contributed by atoms with Gasteiger partial charge < -0.3 is 10.1 Å². The predicted molar refractivity (Wildman–Crippen MR) is 61.0 cm³/mol. The van der Waals surface area contributed by atoms with E-state index in [0.717, 1.165) is 5.56 Å². The van der Waals surface area contributed by atoms with Crippen molar-refractivity contribution in [2.24, 2.45) is 0 Å². The van der Waals surface area contributed by atoms with Crippen LogP contribution >= 0.6 is 15.9 Å². The van der Waals surface area contributed by atoms with Crippen LogP contribution in [0.25, 0.3) is 0 Å². The molecule has 1 aromatic rings. The lowest BCUT2D eigenvalue weighted by Gasteiger charge is -2.28. The fourth-order valence-electron chi connectivity index (χ4n) is 1.64. The number of rotatable bonds is 2. The van der Waals surface area contributed by atoms with E-state index < -0.39 is 0 Å². The molecule has 2 atom stereocenters. The van der Waals surface area contributed by atoms with E-state index in [4.69, 9.17) is 4.74 Å². The largest absolute Gasteiger partial charge is 0.447 e. The van der Waals surface area contributed by atoms with Crippen LogP contribution in [0.4, 0.5) is 4.79 Å². The van der Waals surface area contributed by atoms with E-state index in [-0.39, 0.29) is 16.5 Å². The van der Waals surface area contributed by atoms with Crippen molar-refractivity contribution >= 4 is 22.0 Å². The van der Waals surface area contributed by atoms with Crippen molar-refractivity contribution in [3.05, 3.63) is 35.9 Å². The highest BCUT2D eigenvalue weighted by molar-refractivity contribution is 9.09. The number of carbonyl (C=O) groups excluding carboxylic acids is 1. The van der Waals surface area contributed by atoms with Crippen LogP contribution in [0.1, 0.15) is 12.5 Å². The zero-order valence-corrected chi connectivity index (χ0v) is 9.95. The third-order valence-electron chi connectivity index (χ3n) is 2.67. The number of nitrogens with one attached hydrogen (secondary N) is 1. The van der Waals surface area contributed by atoms with Crippen molar-refractivity contribution in [2.45, 2.75) is 17.3 Å². The standard InChI is InChI=1S/C11H12BrNO2/c1-11(12,8-5-3-2-4-6-8)9-7-15-10(14)13-9/h2-6,9H,7H2,1H3,(H,13,14)/t9-,11+/m1/s1. The first-order valence-corrected chi connectivity index (χ1v) is 5.58. The number of benzene rings is 1. The lowest BCUT2D eigenvalue weighted by molar-refractivity contribution is 0.176. The molecule has 0 aromatic heterocycles. The maximum absolute atomic E-state index is 11.0. The number of hydrogen-bond acceptors (Lipinski definition) is 2. The van der Waals surface area contributed by atoms with Gasteiger partial charge in [-0.3, -0.25) is 0 Å². The van der Waals surface area contributed by atoms with E-state index in [2.05, 4.69) is 21.2 Å². The van der Waals surface area contributed by atoms with Gasteiger partial charge in [0.2, 0.25) is 0 Å². The minimum atomic E-state index is -0.346. The summed E-state index contributed by atoms with van der Waals surface area (Å²) in [6.45, 7) is 2.43. The Kier molecular flexibility index (Phi) is 2.69. The Morgan fingerprint density at radius 2 is 2.13 bits per heavy atom. The smallest absolute Gasteiger partial charge is 0.407 e. The van der Waals surface area contributed by atoms with Crippen LogP contribution in [0.3, 0.4) is 0 Å². The summed E-state index contributed by atoms with van der Waals surface area (Å²) in [6.07, 6.45) is -0.346. The van der Waals surface area contributed by atoms with Crippen LogP contribution < -0.4 is 5.32 Å². The number of alkyl halides is 1. The highest BCUT2D eigenvalue weighted by atomic mass is 79.9. The first-order chi connectivity index (χ1) is 7.10. The topological polar surface area (TPSA) is 38.3 Å². The molecule has 0 aliphatic carbocycles. The summed E-state index contributed by atoms with van der Waals surface area (Å²) in [5.74, 6) is 0. The van der Waals surface area contributed by atoms with Gasteiger partial charge in [-0.15, -0.1) is 0 Å². The van der Waals surface area contributed by atoms with Crippen LogP contribution in [-0.2, 0) is 9.06 Å². The molecule has 80 valence electrons. The van der Waals surface area contributed by atoms with Crippen molar-refractivity contribution in [3.63, 3.8) is 0 Å². The van der Waals surface area contributed by atoms with Gasteiger partial charge >= 0.3 is 6.09 Å². The van der Waals surface area contributed by atoms with Gasteiger partial charge in [-0.05, 0) is 12.5 Å². The lowest BCUT2D eigenvalue weighted by atomic mass is 9.94. The van der Waals surface area contributed by atoms with Crippen LogP contribution in [0.2, 0.25) is 0 Å². The molecule has 0 spiro atoms. The van der Waals surface area contributed by atoms with Crippen molar-refractivity contribution in [3.8, 4) is 0 Å². The monoisotopic (exact) mass is 269 g/mol. The summed E-state index contributed by atoms with van der Waals surface area (Å²) in [7, 11) is 0. The zero-order chi connectivity index (χ0) is 10.9. The zero-order valence-electron chi connectivity index (χ0n) is 8.37. The average molecular weight is 270 g/mol. The minimum absolute atomic E-state index is 0.0348. The molecule has 3 nitrogen and oxygen atoms in total. The Morgan fingerprint density at radius 3 is 2.67 bits per heavy atom. The minimum Gasteiger partial charge on any atom is -0.447 e. The van der Waals surface area contributed by atoms with E-state index in [1.165, 1.54) is 0 Å². The molecule has 1 fully saturated rings. The third-order valence-corrected chi connectivity index (χ3v) is 3.68. The summed E-state index contributed by atoms with van der Waals surface area (Å²) in [6, 6.07) is 9.95. The van der Waals surface area contributed by atoms with E-state index in [1.54, 1.807) is 0 Å². The van der Waals surface area contributed by atoms with Crippen LogP contribution in [0.5, 0.6) is 0 Å². The van der Waals surface area contributed by atoms with Gasteiger partial charge in [0.15, 0.2) is 0 Å². The van der Waals surface area contributed by atoms with Gasteiger partial charge in [0, 0.05) is 0 Å². The molecule has 0 bridgehead atoms. The molecule has 15 heavy (non-hydrogen) atoms. The lowest BCUT2D eigenvalue weighted by Crippen LogP contribution is -2.41. The van der Waals surface area contributed by atoms with Crippen molar-refractivity contribution in [1.82, 2.24) is 5.32 Å². The highest BCUT2D eigenvalue weighted by Gasteiger charge is 2.39. The van der Waals surface area contributed by atoms with Gasteiger partial charge in [0.25, 0.3) is 0 Å². The normalized spacial score (nSPS) is 24.1. The number of halogens is 1. The van der Waals surface area contributed by atoms with E-state index in [1.807, 2.05) is 37.3 Å². The van der Waals surface area contributed by atoms with Crippen LogP contribution in [0.15, 0.2) is 30.3 Å².